The molecule has 0 amide bonds. The highest BCUT2D eigenvalue weighted by Crippen LogP contribution is 2.17. The Labute approximate surface area is 112 Å². The van der Waals surface area contributed by atoms with E-state index in [0.717, 1.165) is 35.2 Å². The van der Waals surface area contributed by atoms with Crippen LogP contribution < -0.4 is 0 Å². The second kappa shape index (κ2) is 5.51. The topological polar surface area (TPSA) is 31.4 Å². The minimum absolute atomic E-state index is 0.223. The first-order chi connectivity index (χ1) is 9.35. The predicted molar refractivity (Wildman–Crippen MR) is 75.8 cm³/mol. The molecule has 98 valence electrons. The minimum Gasteiger partial charge on any atom is -0.379 e. The Morgan fingerprint density at radius 3 is 3.11 bits per heavy atom. The van der Waals surface area contributed by atoms with Gasteiger partial charge in [-0.2, -0.15) is 0 Å². The van der Waals surface area contributed by atoms with Gasteiger partial charge >= 0.3 is 0 Å². The third-order valence-electron chi connectivity index (χ3n) is 3.36. The number of benzene rings is 1. The van der Waals surface area contributed by atoms with Gasteiger partial charge < -0.3 is 9.47 Å². The van der Waals surface area contributed by atoms with Crippen molar-refractivity contribution in [2.45, 2.75) is 19.1 Å². The fourth-order valence-corrected chi connectivity index (χ4v) is 2.24. The number of hydrogen-bond acceptors (Lipinski definition) is 3. The lowest BCUT2D eigenvalue weighted by molar-refractivity contribution is 0.0303. The molecule has 3 rings (SSSR count). The maximum Gasteiger partial charge on any atom is 0.0893 e. The van der Waals surface area contributed by atoms with Crippen LogP contribution in [0.15, 0.2) is 36.9 Å². The Bertz CT molecular complexity index is 588. The van der Waals surface area contributed by atoms with Crippen molar-refractivity contribution < 1.29 is 9.47 Å². The number of nitrogens with zero attached hydrogens (tertiary/aromatic N) is 1. The van der Waals surface area contributed by atoms with Gasteiger partial charge in [0.25, 0.3) is 0 Å². The fourth-order valence-electron chi connectivity index (χ4n) is 2.24. The number of hydrogen-bond donors (Lipinski definition) is 0. The molecule has 1 aromatic heterocycles. The lowest BCUT2D eigenvalue weighted by Gasteiger charge is -2.09. The van der Waals surface area contributed by atoms with E-state index in [4.69, 9.17) is 9.47 Å². The molecule has 0 aliphatic carbocycles. The monoisotopic (exact) mass is 255 g/mol. The predicted octanol–water partition coefficient (Wildman–Crippen LogP) is 3.18. The van der Waals surface area contributed by atoms with Crippen molar-refractivity contribution in [1.29, 1.82) is 0 Å². The van der Waals surface area contributed by atoms with Gasteiger partial charge in [-0.25, -0.2) is 0 Å². The first kappa shape index (κ1) is 12.3. The van der Waals surface area contributed by atoms with E-state index in [1.54, 1.807) is 0 Å². The Balaban J connectivity index is 1.75. The summed E-state index contributed by atoms with van der Waals surface area (Å²) in [5, 5.41) is 1.13. The molecule has 1 aliphatic heterocycles. The highest BCUT2D eigenvalue weighted by Gasteiger charge is 2.16. The molecule has 0 N–H and O–H groups in total. The molecule has 1 aromatic carbocycles. The van der Waals surface area contributed by atoms with Crippen molar-refractivity contribution in [2.75, 3.05) is 13.2 Å². The van der Waals surface area contributed by atoms with Crippen molar-refractivity contribution in [2.24, 2.45) is 0 Å². The molecule has 3 nitrogen and oxygen atoms in total. The SMILES string of the molecule is C=Cc1ccc2nc(COC3CCOC3)ccc2c1. The van der Waals surface area contributed by atoms with E-state index in [9.17, 15) is 0 Å². The average molecular weight is 255 g/mol. The summed E-state index contributed by atoms with van der Waals surface area (Å²) in [7, 11) is 0. The van der Waals surface area contributed by atoms with Gasteiger partial charge in [0.15, 0.2) is 0 Å². The Morgan fingerprint density at radius 1 is 1.37 bits per heavy atom. The lowest BCUT2D eigenvalue weighted by Crippen LogP contribution is -2.12. The summed E-state index contributed by atoms with van der Waals surface area (Å²) in [5.41, 5.74) is 3.07. The molecule has 2 aromatic rings. The van der Waals surface area contributed by atoms with Gasteiger partial charge in [-0.15, -0.1) is 0 Å². The van der Waals surface area contributed by atoms with Gasteiger partial charge in [0.2, 0.25) is 0 Å². The quantitative estimate of drug-likeness (QED) is 0.840. The zero-order valence-electron chi connectivity index (χ0n) is 10.8. The van der Waals surface area contributed by atoms with Gasteiger partial charge in [0, 0.05) is 12.0 Å². The van der Waals surface area contributed by atoms with Crippen molar-refractivity contribution >= 4 is 17.0 Å². The molecule has 0 radical (unpaired) electrons. The summed E-state index contributed by atoms with van der Waals surface area (Å²) >= 11 is 0. The van der Waals surface area contributed by atoms with Crippen molar-refractivity contribution in [1.82, 2.24) is 4.98 Å². The molecule has 1 unspecified atom stereocenters. The highest BCUT2D eigenvalue weighted by molar-refractivity contribution is 5.81. The normalized spacial score (nSPS) is 18.8. The van der Waals surface area contributed by atoms with Crippen LogP contribution in [-0.2, 0) is 16.1 Å². The van der Waals surface area contributed by atoms with E-state index in [2.05, 4.69) is 23.7 Å². The Morgan fingerprint density at radius 2 is 2.32 bits per heavy atom. The van der Waals surface area contributed by atoms with E-state index < -0.39 is 0 Å². The largest absolute Gasteiger partial charge is 0.379 e. The molecular formula is C16H17NO2. The van der Waals surface area contributed by atoms with E-state index in [-0.39, 0.29) is 6.10 Å². The summed E-state index contributed by atoms with van der Waals surface area (Å²) in [6.45, 7) is 5.84. The molecule has 1 fully saturated rings. The molecular weight excluding hydrogens is 238 g/mol. The number of pyridine rings is 1. The zero-order chi connectivity index (χ0) is 13.1. The van der Waals surface area contributed by atoms with E-state index >= 15 is 0 Å². The van der Waals surface area contributed by atoms with Gasteiger partial charge in [-0.3, -0.25) is 4.98 Å². The molecule has 0 saturated carbocycles. The molecule has 3 heteroatoms. The van der Waals surface area contributed by atoms with Crippen molar-refractivity contribution in [3.05, 3.63) is 48.2 Å². The average Bonchev–Trinajstić information content (AvgIpc) is 2.97. The van der Waals surface area contributed by atoms with Crippen LogP contribution in [0, 0.1) is 0 Å². The van der Waals surface area contributed by atoms with E-state index in [1.165, 1.54) is 0 Å². The Hall–Kier alpha value is -1.71. The third kappa shape index (κ3) is 2.83. The third-order valence-corrected chi connectivity index (χ3v) is 3.36. The van der Waals surface area contributed by atoms with Crippen LogP contribution in [0.3, 0.4) is 0 Å². The number of aromatic nitrogens is 1. The fraction of sp³-hybridized carbons (Fsp3) is 0.312. The standard InChI is InChI=1S/C16H17NO2/c1-2-12-3-6-16-13(9-12)4-5-14(17-16)10-19-15-7-8-18-11-15/h2-6,9,15H,1,7-8,10-11H2. The summed E-state index contributed by atoms with van der Waals surface area (Å²) in [4.78, 5) is 4.61. The summed E-state index contributed by atoms with van der Waals surface area (Å²) in [6, 6.07) is 10.2. The molecule has 1 aliphatic rings. The van der Waals surface area contributed by atoms with Crippen LogP contribution in [0.1, 0.15) is 17.7 Å². The molecule has 0 spiro atoms. The first-order valence-electron chi connectivity index (χ1n) is 6.56. The van der Waals surface area contributed by atoms with Crippen LogP contribution in [-0.4, -0.2) is 24.3 Å². The summed E-state index contributed by atoms with van der Waals surface area (Å²) in [5.74, 6) is 0. The zero-order valence-corrected chi connectivity index (χ0v) is 10.8. The number of ether oxygens (including phenoxy) is 2. The van der Waals surface area contributed by atoms with E-state index in [1.807, 2.05) is 24.3 Å². The van der Waals surface area contributed by atoms with Crippen molar-refractivity contribution in [3.8, 4) is 0 Å². The van der Waals surface area contributed by atoms with Gasteiger partial charge in [-0.1, -0.05) is 24.8 Å². The Kier molecular flexibility index (Phi) is 3.58. The summed E-state index contributed by atoms with van der Waals surface area (Å²) in [6.07, 6.45) is 3.05. The molecule has 2 heterocycles. The summed E-state index contributed by atoms with van der Waals surface area (Å²) < 4.78 is 11.1. The molecule has 19 heavy (non-hydrogen) atoms. The second-order valence-electron chi connectivity index (χ2n) is 4.76. The maximum absolute atomic E-state index is 5.78. The minimum atomic E-state index is 0.223. The number of fused-ring (bicyclic) bond motifs is 1. The van der Waals surface area contributed by atoms with Crippen LogP contribution in [0.2, 0.25) is 0 Å². The molecule has 1 atom stereocenters. The number of rotatable bonds is 4. The van der Waals surface area contributed by atoms with Crippen molar-refractivity contribution in [3.63, 3.8) is 0 Å². The van der Waals surface area contributed by atoms with Gasteiger partial charge in [0.1, 0.15) is 0 Å². The van der Waals surface area contributed by atoms with Crippen LogP contribution in [0.4, 0.5) is 0 Å². The second-order valence-corrected chi connectivity index (χ2v) is 4.76. The van der Waals surface area contributed by atoms with Crippen LogP contribution >= 0.6 is 0 Å². The highest BCUT2D eigenvalue weighted by atomic mass is 16.5. The molecule has 1 saturated heterocycles. The molecule has 0 bridgehead atoms. The lowest BCUT2D eigenvalue weighted by atomic mass is 10.1. The van der Waals surface area contributed by atoms with Gasteiger partial charge in [-0.05, 0) is 30.2 Å². The van der Waals surface area contributed by atoms with Crippen LogP contribution in [0.25, 0.3) is 17.0 Å². The van der Waals surface area contributed by atoms with Gasteiger partial charge in [0.05, 0.1) is 30.5 Å². The maximum atomic E-state index is 5.78. The van der Waals surface area contributed by atoms with E-state index in [0.29, 0.717) is 13.2 Å². The first-order valence-corrected chi connectivity index (χ1v) is 6.56. The smallest absolute Gasteiger partial charge is 0.0893 e. The van der Waals surface area contributed by atoms with Crippen LogP contribution in [0.5, 0.6) is 0 Å².